The maximum Gasteiger partial charge on any atom is 0.124 e. The van der Waals surface area contributed by atoms with Gasteiger partial charge in [-0.05, 0) is 61.8 Å². The van der Waals surface area contributed by atoms with E-state index < -0.39 is 0 Å². The van der Waals surface area contributed by atoms with Gasteiger partial charge >= 0.3 is 0 Å². The molecule has 0 saturated carbocycles. The molecule has 1 N–H and O–H groups in total. The molecule has 0 aromatic heterocycles. The van der Waals surface area contributed by atoms with Gasteiger partial charge in [0.15, 0.2) is 0 Å². The van der Waals surface area contributed by atoms with Crippen molar-refractivity contribution in [2.75, 3.05) is 33.9 Å². The summed E-state index contributed by atoms with van der Waals surface area (Å²) in [6, 6.07) is 13.6. The Bertz CT molecular complexity index is 737. The van der Waals surface area contributed by atoms with Gasteiger partial charge < -0.3 is 14.6 Å². The highest BCUT2D eigenvalue weighted by Gasteiger charge is 2.23. The first-order valence-corrected chi connectivity index (χ1v) is 8.96. The maximum atomic E-state index is 10.0. The molecule has 1 saturated heterocycles. The summed E-state index contributed by atoms with van der Waals surface area (Å²) in [6.45, 7) is 2.83. The van der Waals surface area contributed by atoms with Crippen molar-refractivity contribution >= 4 is 6.21 Å². The van der Waals surface area contributed by atoms with Crippen molar-refractivity contribution in [1.82, 2.24) is 4.90 Å². The summed E-state index contributed by atoms with van der Waals surface area (Å²) < 4.78 is 10.5. The van der Waals surface area contributed by atoms with Gasteiger partial charge in [0.2, 0.25) is 0 Å². The molecule has 26 heavy (non-hydrogen) atoms. The van der Waals surface area contributed by atoms with E-state index in [4.69, 9.17) is 9.47 Å². The minimum atomic E-state index is 0.205. The molecule has 1 heterocycles. The number of nitrogens with zero attached hydrogens (tertiary/aromatic N) is 2. The number of aromatic hydroxyl groups is 1. The fraction of sp³-hybridized carbons (Fsp3) is 0.381. The first-order valence-electron chi connectivity index (χ1n) is 8.96. The predicted molar refractivity (Wildman–Crippen MR) is 104 cm³/mol. The average molecular weight is 354 g/mol. The molecule has 0 bridgehead atoms. The fourth-order valence-electron chi connectivity index (χ4n) is 3.32. The van der Waals surface area contributed by atoms with E-state index in [2.05, 4.69) is 22.0 Å². The van der Waals surface area contributed by atoms with E-state index in [0.29, 0.717) is 17.9 Å². The zero-order valence-electron chi connectivity index (χ0n) is 15.4. The maximum absolute atomic E-state index is 10.0. The van der Waals surface area contributed by atoms with E-state index in [0.717, 1.165) is 18.8 Å². The number of phenols is 1. The van der Waals surface area contributed by atoms with Crippen molar-refractivity contribution < 1.29 is 14.6 Å². The van der Waals surface area contributed by atoms with Crippen molar-refractivity contribution in [3.05, 3.63) is 53.6 Å². The fourth-order valence-corrected chi connectivity index (χ4v) is 3.32. The van der Waals surface area contributed by atoms with Crippen LogP contribution in [0.2, 0.25) is 0 Å². The molecule has 2 aromatic rings. The van der Waals surface area contributed by atoms with E-state index >= 15 is 0 Å². The number of hydrogen-bond donors (Lipinski definition) is 1. The molecule has 0 amide bonds. The van der Waals surface area contributed by atoms with Gasteiger partial charge in [0.25, 0.3) is 0 Å². The van der Waals surface area contributed by atoms with Crippen LogP contribution in [0.25, 0.3) is 0 Å². The van der Waals surface area contributed by atoms with Crippen molar-refractivity contribution in [1.29, 1.82) is 0 Å². The van der Waals surface area contributed by atoms with Crippen molar-refractivity contribution in [3.8, 4) is 17.2 Å². The summed E-state index contributed by atoms with van der Waals surface area (Å²) >= 11 is 0. The Morgan fingerprint density at radius 1 is 1.04 bits per heavy atom. The highest BCUT2D eigenvalue weighted by molar-refractivity contribution is 5.84. The molecule has 0 spiro atoms. The minimum absolute atomic E-state index is 0.205. The molecule has 1 aliphatic heterocycles. The summed E-state index contributed by atoms with van der Waals surface area (Å²) in [7, 11) is 3.29. The van der Waals surface area contributed by atoms with Crippen molar-refractivity contribution in [2.45, 2.75) is 18.9 Å². The second-order valence-electron chi connectivity index (χ2n) is 6.45. The molecule has 5 nitrogen and oxygen atoms in total. The van der Waals surface area contributed by atoms with Crippen LogP contribution < -0.4 is 9.47 Å². The van der Waals surface area contributed by atoms with Crippen molar-refractivity contribution in [2.24, 2.45) is 4.99 Å². The van der Waals surface area contributed by atoms with Crippen LogP contribution in [0.15, 0.2) is 47.5 Å². The molecule has 5 heteroatoms. The topological polar surface area (TPSA) is 54.3 Å². The van der Waals surface area contributed by atoms with Gasteiger partial charge in [-0.1, -0.05) is 12.1 Å². The average Bonchev–Trinajstić information content (AvgIpc) is 3.21. The van der Waals surface area contributed by atoms with Gasteiger partial charge in [-0.3, -0.25) is 9.89 Å². The highest BCUT2D eigenvalue weighted by atomic mass is 16.5. The zero-order chi connectivity index (χ0) is 18.4. The zero-order valence-corrected chi connectivity index (χ0v) is 15.4. The summed E-state index contributed by atoms with van der Waals surface area (Å²) in [6.07, 6.45) is 4.19. The lowest BCUT2D eigenvalue weighted by atomic mass is 10.1. The molecular formula is C21H26N2O3. The number of hydrogen-bond acceptors (Lipinski definition) is 5. The number of aliphatic imine (C=N–C) groups is 1. The van der Waals surface area contributed by atoms with E-state index in [1.54, 1.807) is 38.6 Å². The molecule has 1 atom stereocenters. The minimum Gasteiger partial charge on any atom is -0.507 e. The van der Waals surface area contributed by atoms with Crippen LogP contribution in [0.3, 0.4) is 0 Å². The quantitative estimate of drug-likeness (QED) is 0.771. The second kappa shape index (κ2) is 8.72. The third-order valence-electron chi connectivity index (χ3n) is 4.83. The first-order chi connectivity index (χ1) is 12.7. The summed E-state index contributed by atoms with van der Waals surface area (Å²) in [4.78, 5) is 7.11. The SMILES string of the molecule is COc1ccc([C@H](CN=Cc2cc(OC)ccc2O)N2CCCC2)cc1. The van der Waals surface area contributed by atoms with Crippen LogP contribution in [0.5, 0.6) is 17.2 Å². The normalized spacial score (nSPS) is 16.1. The smallest absolute Gasteiger partial charge is 0.124 e. The van der Waals surface area contributed by atoms with Crippen LogP contribution in [0.1, 0.15) is 30.0 Å². The molecule has 0 unspecified atom stereocenters. The number of rotatable bonds is 7. The van der Waals surface area contributed by atoms with Crippen molar-refractivity contribution in [3.63, 3.8) is 0 Å². The molecule has 0 radical (unpaired) electrons. The molecule has 1 aliphatic rings. The van der Waals surface area contributed by atoms with Crippen LogP contribution in [-0.2, 0) is 0 Å². The first kappa shape index (κ1) is 18.3. The number of likely N-dealkylation sites (tertiary alicyclic amines) is 1. The Hall–Kier alpha value is -2.53. The Labute approximate surface area is 154 Å². The van der Waals surface area contributed by atoms with Crippen LogP contribution in [0, 0.1) is 0 Å². The lowest BCUT2D eigenvalue weighted by Crippen LogP contribution is -2.27. The number of phenolic OH excluding ortho intramolecular Hbond substituents is 1. The molecular weight excluding hydrogens is 328 g/mol. The van der Waals surface area contributed by atoms with Gasteiger partial charge in [0.05, 0.1) is 26.8 Å². The summed E-state index contributed by atoms with van der Waals surface area (Å²) in [5, 5.41) is 10.0. The van der Waals surface area contributed by atoms with Gasteiger partial charge in [0, 0.05) is 11.8 Å². The van der Waals surface area contributed by atoms with E-state index in [9.17, 15) is 5.11 Å². The monoisotopic (exact) mass is 354 g/mol. The molecule has 1 fully saturated rings. The molecule has 2 aromatic carbocycles. The third-order valence-corrected chi connectivity index (χ3v) is 4.83. The van der Waals surface area contributed by atoms with E-state index in [1.165, 1.54) is 18.4 Å². The van der Waals surface area contributed by atoms with Crippen LogP contribution in [0.4, 0.5) is 0 Å². The van der Waals surface area contributed by atoms with Gasteiger partial charge in [-0.2, -0.15) is 0 Å². The lowest BCUT2D eigenvalue weighted by Gasteiger charge is -2.26. The number of ether oxygens (including phenoxy) is 2. The molecule has 138 valence electrons. The lowest BCUT2D eigenvalue weighted by molar-refractivity contribution is 0.252. The highest BCUT2D eigenvalue weighted by Crippen LogP contribution is 2.27. The Balaban J connectivity index is 1.77. The van der Waals surface area contributed by atoms with Gasteiger partial charge in [-0.15, -0.1) is 0 Å². The van der Waals surface area contributed by atoms with Gasteiger partial charge in [0.1, 0.15) is 17.2 Å². The third kappa shape index (κ3) is 4.35. The molecule has 0 aliphatic carbocycles. The van der Waals surface area contributed by atoms with E-state index in [1.807, 2.05) is 12.1 Å². The molecule has 3 rings (SSSR count). The van der Waals surface area contributed by atoms with Gasteiger partial charge in [-0.25, -0.2) is 0 Å². The number of benzene rings is 2. The Morgan fingerprint density at radius 3 is 2.35 bits per heavy atom. The largest absolute Gasteiger partial charge is 0.507 e. The van der Waals surface area contributed by atoms with Crippen LogP contribution in [-0.4, -0.2) is 50.1 Å². The standard InChI is InChI=1S/C21H26N2O3/c1-25-18-7-5-16(6-8-18)20(23-11-3-4-12-23)15-22-14-17-13-19(26-2)9-10-21(17)24/h5-10,13-14,20,24H,3-4,11-12,15H2,1-2H3/t20-/m0/s1. The Morgan fingerprint density at radius 2 is 1.69 bits per heavy atom. The van der Waals surface area contributed by atoms with E-state index in [-0.39, 0.29) is 11.8 Å². The Kier molecular flexibility index (Phi) is 6.12. The second-order valence-corrected chi connectivity index (χ2v) is 6.45. The summed E-state index contributed by atoms with van der Waals surface area (Å²) in [5.41, 5.74) is 1.90. The van der Waals surface area contributed by atoms with Crippen LogP contribution >= 0.6 is 0 Å². The number of methoxy groups -OCH3 is 2. The summed E-state index contributed by atoms with van der Waals surface area (Å²) in [5.74, 6) is 1.77. The predicted octanol–water partition coefficient (Wildman–Crippen LogP) is 3.67.